The molecule has 0 heterocycles. The number of hydrogen-bond acceptors (Lipinski definition) is 2. The quantitative estimate of drug-likeness (QED) is 0.661. The van der Waals surface area contributed by atoms with E-state index in [2.05, 4.69) is 19.2 Å². The molecule has 0 radical (unpaired) electrons. The monoisotopic (exact) mass is 281 g/mol. The Morgan fingerprint density at radius 3 is 2.30 bits per heavy atom. The Morgan fingerprint density at radius 2 is 1.75 bits per heavy atom. The molecule has 0 spiro atoms. The van der Waals surface area contributed by atoms with Crippen molar-refractivity contribution < 1.29 is 9.13 Å². The Labute approximate surface area is 122 Å². The lowest BCUT2D eigenvalue weighted by Gasteiger charge is -2.26. The van der Waals surface area contributed by atoms with E-state index < -0.39 is 0 Å². The summed E-state index contributed by atoms with van der Waals surface area (Å²) in [5, 5.41) is 3.47. The summed E-state index contributed by atoms with van der Waals surface area (Å²) in [5.41, 5.74) is 1.22. The highest BCUT2D eigenvalue weighted by molar-refractivity contribution is 5.16. The first-order valence-electron chi connectivity index (χ1n) is 7.65. The number of methoxy groups -OCH3 is 1. The van der Waals surface area contributed by atoms with Crippen LogP contribution in [-0.2, 0) is 11.2 Å². The topological polar surface area (TPSA) is 21.3 Å². The smallest absolute Gasteiger partial charge is 0.123 e. The van der Waals surface area contributed by atoms with Gasteiger partial charge in [0.15, 0.2) is 0 Å². The van der Waals surface area contributed by atoms with Gasteiger partial charge in [-0.2, -0.15) is 0 Å². The van der Waals surface area contributed by atoms with Gasteiger partial charge in [0.2, 0.25) is 0 Å². The van der Waals surface area contributed by atoms with Crippen molar-refractivity contribution >= 4 is 0 Å². The summed E-state index contributed by atoms with van der Waals surface area (Å²) in [6.45, 7) is 7.12. The number of hydrogen-bond donors (Lipinski definition) is 1. The molecule has 1 rings (SSSR count). The van der Waals surface area contributed by atoms with Crippen LogP contribution < -0.4 is 5.32 Å². The molecule has 0 aromatic heterocycles. The second-order valence-corrected chi connectivity index (χ2v) is 5.36. The summed E-state index contributed by atoms with van der Waals surface area (Å²) in [5.74, 6) is 1.13. The summed E-state index contributed by atoms with van der Waals surface area (Å²) < 4.78 is 18.0. The summed E-state index contributed by atoms with van der Waals surface area (Å²) in [6, 6.07) is 6.91. The van der Waals surface area contributed by atoms with Gasteiger partial charge >= 0.3 is 0 Å². The van der Waals surface area contributed by atoms with Crippen LogP contribution in [-0.4, -0.2) is 26.8 Å². The van der Waals surface area contributed by atoms with Crippen molar-refractivity contribution in [3.8, 4) is 0 Å². The van der Waals surface area contributed by atoms with E-state index in [1.165, 1.54) is 18.4 Å². The standard InChI is InChI=1S/C17H28FNO/c1-4-15(5-2)16(13-19-10-11-20-3)12-14-6-8-17(18)9-7-14/h6-9,15-16,19H,4-5,10-13H2,1-3H3. The van der Waals surface area contributed by atoms with E-state index in [-0.39, 0.29) is 5.82 Å². The second-order valence-electron chi connectivity index (χ2n) is 5.36. The third-order valence-corrected chi connectivity index (χ3v) is 4.02. The molecule has 0 fully saturated rings. The Kier molecular flexibility index (Phi) is 8.47. The van der Waals surface area contributed by atoms with Crippen LogP contribution in [0.5, 0.6) is 0 Å². The SMILES string of the molecule is CCC(CC)C(CNCCOC)Cc1ccc(F)cc1. The van der Waals surface area contributed by atoms with Gasteiger partial charge in [0.1, 0.15) is 5.82 Å². The number of ether oxygens (including phenoxy) is 1. The van der Waals surface area contributed by atoms with Gasteiger partial charge in [-0.1, -0.05) is 38.8 Å². The summed E-state index contributed by atoms with van der Waals surface area (Å²) in [7, 11) is 1.72. The number of rotatable bonds is 10. The molecule has 0 saturated heterocycles. The number of benzene rings is 1. The normalized spacial score (nSPS) is 12.8. The minimum atomic E-state index is -0.161. The van der Waals surface area contributed by atoms with Gasteiger partial charge in [-0.25, -0.2) is 4.39 Å². The zero-order chi connectivity index (χ0) is 14.8. The second kappa shape index (κ2) is 9.89. The van der Waals surface area contributed by atoms with Crippen molar-refractivity contribution in [3.05, 3.63) is 35.6 Å². The van der Waals surface area contributed by atoms with Crippen LogP contribution in [0.2, 0.25) is 0 Å². The molecule has 0 bridgehead atoms. The largest absolute Gasteiger partial charge is 0.383 e. The first-order chi connectivity index (χ1) is 9.71. The fraction of sp³-hybridized carbons (Fsp3) is 0.647. The lowest BCUT2D eigenvalue weighted by atomic mass is 9.83. The molecule has 1 aromatic carbocycles. The van der Waals surface area contributed by atoms with Gasteiger partial charge in [0, 0.05) is 13.7 Å². The van der Waals surface area contributed by atoms with Crippen LogP contribution in [0.15, 0.2) is 24.3 Å². The van der Waals surface area contributed by atoms with E-state index in [0.717, 1.165) is 26.1 Å². The fourth-order valence-electron chi connectivity index (χ4n) is 2.75. The van der Waals surface area contributed by atoms with Crippen molar-refractivity contribution in [1.29, 1.82) is 0 Å². The number of halogens is 1. The van der Waals surface area contributed by atoms with Crippen LogP contribution in [0.25, 0.3) is 0 Å². The van der Waals surface area contributed by atoms with E-state index in [0.29, 0.717) is 11.8 Å². The van der Waals surface area contributed by atoms with Crippen molar-refractivity contribution in [2.45, 2.75) is 33.1 Å². The predicted molar refractivity (Wildman–Crippen MR) is 82.4 cm³/mol. The molecule has 1 unspecified atom stereocenters. The average Bonchev–Trinajstić information content (AvgIpc) is 2.46. The molecule has 3 heteroatoms. The molecule has 0 saturated carbocycles. The maximum atomic E-state index is 13.0. The van der Waals surface area contributed by atoms with Crippen LogP contribution >= 0.6 is 0 Å². The Bertz CT molecular complexity index is 349. The molecular formula is C17H28FNO. The lowest BCUT2D eigenvalue weighted by molar-refractivity contribution is 0.194. The first kappa shape index (κ1) is 17.1. The maximum Gasteiger partial charge on any atom is 0.123 e. The van der Waals surface area contributed by atoms with E-state index in [1.807, 2.05) is 12.1 Å². The molecule has 1 aromatic rings. The van der Waals surface area contributed by atoms with Crippen LogP contribution in [0.3, 0.4) is 0 Å². The molecule has 0 amide bonds. The first-order valence-corrected chi connectivity index (χ1v) is 7.65. The summed E-state index contributed by atoms with van der Waals surface area (Å²) >= 11 is 0. The van der Waals surface area contributed by atoms with Gasteiger partial charge in [0.05, 0.1) is 6.61 Å². The summed E-state index contributed by atoms with van der Waals surface area (Å²) in [4.78, 5) is 0. The highest BCUT2D eigenvalue weighted by Crippen LogP contribution is 2.23. The molecule has 1 N–H and O–H groups in total. The predicted octanol–water partition coefficient (Wildman–Crippen LogP) is 3.66. The van der Waals surface area contributed by atoms with Gasteiger partial charge < -0.3 is 10.1 Å². The number of nitrogens with one attached hydrogen (secondary N) is 1. The van der Waals surface area contributed by atoms with E-state index >= 15 is 0 Å². The molecule has 0 aliphatic rings. The Hall–Kier alpha value is -0.930. The van der Waals surface area contributed by atoms with Gasteiger partial charge in [-0.05, 0) is 42.5 Å². The molecular weight excluding hydrogens is 253 g/mol. The third-order valence-electron chi connectivity index (χ3n) is 4.02. The van der Waals surface area contributed by atoms with Crippen LogP contribution in [0, 0.1) is 17.7 Å². The highest BCUT2D eigenvalue weighted by Gasteiger charge is 2.18. The molecule has 1 atom stereocenters. The zero-order valence-corrected chi connectivity index (χ0v) is 13.0. The van der Waals surface area contributed by atoms with Crippen LogP contribution in [0.1, 0.15) is 32.3 Å². The minimum Gasteiger partial charge on any atom is -0.383 e. The maximum absolute atomic E-state index is 13.0. The Balaban J connectivity index is 2.58. The van der Waals surface area contributed by atoms with Gasteiger partial charge in [-0.3, -0.25) is 0 Å². The van der Waals surface area contributed by atoms with Crippen LogP contribution in [0.4, 0.5) is 4.39 Å². The summed E-state index contributed by atoms with van der Waals surface area (Å²) in [6.07, 6.45) is 3.38. The van der Waals surface area contributed by atoms with Crippen molar-refractivity contribution in [2.24, 2.45) is 11.8 Å². The van der Waals surface area contributed by atoms with Gasteiger partial charge in [0.25, 0.3) is 0 Å². The third kappa shape index (κ3) is 6.02. The average molecular weight is 281 g/mol. The van der Waals surface area contributed by atoms with Crippen molar-refractivity contribution in [1.82, 2.24) is 5.32 Å². The van der Waals surface area contributed by atoms with Gasteiger partial charge in [-0.15, -0.1) is 0 Å². The molecule has 114 valence electrons. The fourth-order valence-corrected chi connectivity index (χ4v) is 2.75. The minimum absolute atomic E-state index is 0.161. The Morgan fingerprint density at radius 1 is 1.10 bits per heavy atom. The van der Waals surface area contributed by atoms with E-state index in [9.17, 15) is 4.39 Å². The zero-order valence-electron chi connectivity index (χ0n) is 13.0. The molecule has 0 aliphatic heterocycles. The van der Waals surface area contributed by atoms with Crippen molar-refractivity contribution in [2.75, 3.05) is 26.8 Å². The van der Waals surface area contributed by atoms with E-state index in [4.69, 9.17) is 4.74 Å². The van der Waals surface area contributed by atoms with E-state index in [1.54, 1.807) is 19.2 Å². The molecule has 0 aliphatic carbocycles. The lowest BCUT2D eigenvalue weighted by Crippen LogP contribution is -2.31. The molecule has 2 nitrogen and oxygen atoms in total. The van der Waals surface area contributed by atoms with Crippen molar-refractivity contribution in [3.63, 3.8) is 0 Å². The molecule has 20 heavy (non-hydrogen) atoms. The highest BCUT2D eigenvalue weighted by atomic mass is 19.1.